The molecule has 0 amide bonds. The molecule has 1 unspecified atom stereocenters. The van der Waals surface area contributed by atoms with Gasteiger partial charge in [0.15, 0.2) is 5.96 Å². The average Bonchev–Trinajstić information content (AvgIpc) is 2.39. The van der Waals surface area contributed by atoms with Crippen LogP contribution in [0.5, 0.6) is 0 Å². The molecule has 0 aromatic heterocycles. The second-order valence-corrected chi connectivity index (χ2v) is 4.38. The van der Waals surface area contributed by atoms with Crippen LogP contribution in [0.1, 0.15) is 31.0 Å². The topological polar surface area (TPSA) is 36.4 Å². The molecule has 19 heavy (non-hydrogen) atoms. The van der Waals surface area contributed by atoms with Crippen LogP contribution in [0.15, 0.2) is 35.8 Å². The first-order valence-corrected chi connectivity index (χ1v) is 6.50. The van der Waals surface area contributed by atoms with Gasteiger partial charge in [0.1, 0.15) is 5.82 Å². The summed E-state index contributed by atoms with van der Waals surface area (Å²) in [6.45, 7) is 10.7. The molecule has 2 N–H and O–H groups in total. The highest BCUT2D eigenvalue weighted by Gasteiger charge is 2.09. The Hall–Kier alpha value is -1.84. The van der Waals surface area contributed by atoms with Crippen molar-refractivity contribution in [2.45, 2.75) is 26.8 Å². The highest BCUT2D eigenvalue weighted by molar-refractivity contribution is 5.80. The molecular weight excluding hydrogens is 241 g/mol. The van der Waals surface area contributed by atoms with E-state index >= 15 is 0 Å². The number of benzene rings is 1. The second-order valence-electron chi connectivity index (χ2n) is 4.38. The summed E-state index contributed by atoms with van der Waals surface area (Å²) in [7, 11) is 0. The summed E-state index contributed by atoms with van der Waals surface area (Å²) >= 11 is 0. The van der Waals surface area contributed by atoms with Gasteiger partial charge in [-0.05, 0) is 38.0 Å². The van der Waals surface area contributed by atoms with Crippen molar-refractivity contribution in [1.29, 1.82) is 0 Å². The monoisotopic (exact) mass is 263 g/mol. The lowest BCUT2D eigenvalue weighted by atomic mass is 10.1. The predicted molar refractivity (Wildman–Crippen MR) is 78.9 cm³/mol. The molecule has 1 aromatic carbocycles. The Kier molecular flexibility index (Phi) is 6.06. The van der Waals surface area contributed by atoms with Crippen molar-refractivity contribution in [2.24, 2.45) is 4.99 Å². The Morgan fingerprint density at radius 1 is 1.53 bits per heavy atom. The number of nitrogens with zero attached hydrogens (tertiary/aromatic N) is 1. The average molecular weight is 263 g/mol. The van der Waals surface area contributed by atoms with E-state index in [2.05, 4.69) is 22.2 Å². The Morgan fingerprint density at radius 2 is 2.26 bits per heavy atom. The molecule has 0 fully saturated rings. The summed E-state index contributed by atoms with van der Waals surface area (Å²) in [4.78, 5) is 4.32. The maximum Gasteiger partial charge on any atom is 0.192 e. The quantitative estimate of drug-likeness (QED) is 0.487. The van der Waals surface area contributed by atoms with E-state index in [1.165, 1.54) is 0 Å². The standard InChI is InChI=1S/C15H22FN3/c1-5-9-18-15(17-6-2)19-12(4)13-8-7-11(3)14(16)10-13/h5,7-8,10,12H,1,6,9H2,2-4H3,(H2,17,18,19). The SMILES string of the molecule is C=CCN=C(NCC)NC(C)c1ccc(C)c(F)c1. The zero-order chi connectivity index (χ0) is 14.3. The van der Waals surface area contributed by atoms with Crippen molar-refractivity contribution in [3.63, 3.8) is 0 Å². The van der Waals surface area contributed by atoms with Gasteiger partial charge in [-0.25, -0.2) is 9.38 Å². The van der Waals surface area contributed by atoms with Gasteiger partial charge in [0, 0.05) is 6.54 Å². The molecule has 4 heteroatoms. The molecular formula is C15H22FN3. The Bertz CT molecular complexity index is 455. The molecule has 1 rings (SSSR count). The maximum atomic E-state index is 13.5. The summed E-state index contributed by atoms with van der Waals surface area (Å²) in [5.74, 6) is 0.523. The summed E-state index contributed by atoms with van der Waals surface area (Å²) in [6.07, 6.45) is 1.73. The molecule has 1 aromatic rings. The largest absolute Gasteiger partial charge is 0.357 e. The van der Waals surface area contributed by atoms with E-state index in [9.17, 15) is 4.39 Å². The first-order valence-electron chi connectivity index (χ1n) is 6.50. The minimum absolute atomic E-state index is 0.0160. The Balaban J connectivity index is 2.77. The fourth-order valence-electron chi connectivity index (χ4n) is 1.64. The molecule has 104 valence electrons. The normalized spacial score (nSPS) is 12.9. The van der Waals surface area contributed by atoms with Gasteiger partial charge in [-0.15, -0.1) is 6.58 Å². The Labute approximate surface area is 114 Å². The van der Waals surface area contributed by atoms with Crippen LogP contribution in [0.25, 0.3) is 0 Å². The number of rotatable bonds is 5. The lowest BCUT2D eigenvalue weighted by Gasteiger charge is -2.18. The molecule has 0 saturated carbocycles. The van der Waals surface area contributed by atoms with E-state index in [0.717, 1.165) is 12.1 Å². The van der Waals surface area contributed by atoms with E-state index in [0.29, 0.717) is 18.1 Å². The summed E-state index contributed by atoms with van der Waals surface area (Å²) in [5, 5.41) is 6.38. The van der Waals surface area contributed by atoms with Crippen LogP contribution in [0.2, 0.25) is 0 Å². The van der Waals surface area contributed by atoms with Crippen molar-refractivity contribution in [1.82, 2.24) is 10.6 Å². The van der Waals surface area contributed by atoms with Gasteiger partial charge >= 0.3 is 0 Å². The third-order valence-corrected chi connectivity index (χ3v) is 2.77. The highest BCUT2D eigenvalue weighted by Crippen LogP contribution is 2.16. The van der Waals surface area contributed by atoms with E-state index in [-0.39, 0.29) is 11.9 Å². The molecule has 0 bridgehead atoms. The predicted octanol–water partition coefficient (Wildman–Crippen LogP) is 2.94. The van der Waals surface area contributed by atoms with Crippen LogP contribution in [0, 0.1) is 12.7 Å². The fourth-order valence-corrected chi connectivity index (χ4v) is 1.64. The summed E-state index contributed by atoms with van der Waals surface area (Å²) in [6, 6.07) is 5.26. The fraction of sp³-hybridized carbons (Fsp3) is 0.400. The number of halogens is 1. The van der Waals surface area contributed by atoms with Crippen molar-refractivity contribution < 1.29 is 4.39 Å². The van der Waals surface area contributed by atoms with Crippen molar-refractivity contribution in [3.8, 4) is 0 Å². The zero-order valence-electron chi connectivity index (χ0n) is 11.8. The van der Waals surface area contributed by atoms with Crippen LogP contribution in [0.4, 0.5) is 4.39 Å². The molecule has 0 spiro atoms. The number of guanidine groups is 1. The second kappa shape index (κ2) is 7.56. The lowest BCUT2D eigenvalue weighted by Crippen LogP contribution is -2.38. The minimum Gasteiger partial charge on any atom is -0.357 e. The molecule has 0 heterocycles. The number of nitrogens with one attached hydrogen (secondary N) is 2. The van der Waals surface area contributed by atoms with Gasteiger partial charge in [-0.1, -0.05) is 18.2 Å². The van der Waals surface area contributed by atoms with E-state index in [1.807, 2.05) is 19.9 Å². The number of aryl methyl sites for hydroxylation is 1. The smallest absolute Gasteiger partial charge is 0.192 e. The molecule has 0 radical (unpaired) electrons. The number of aliphatic imine (C=N–C) groups is 1. The minimum atomic E-state index is -0.181. The summed E-state index contributed by atoms with van der Waals surface area (Å²) < 4.78 is 13.5. The van der Waals surface area contributed by atoms with Crippen molar-refractivity contribution in [2.75, 3.05) is 13.1 Å². The van der Waals surface area contributed by atoms with E-state index < -0.39 is 0 Å². The maximum absolute atomic E-state index is 13.5. The lowest BCUT2D eigenvalue weighted by molar-refractivity contribution is 0.607. The van der Waals surface area contributed by atoms with Crippen LogP contribution < -0.4 is 10.6 Å². The molecule has 0 aliphatic heterocycles. The highest BCUT2D eigenvalue weighted by atomic mass is 19.1. The van der Waals surface area contributed by atoms with Gasteiger partial charge in [0.05, 0.1) is 12.6 Å². The number of hydrogen-bond acceptors (Lipinski definition) is 1. The first kappa shape index (κ1) is 15.2. The van der Waals surface area contributed by atoms with Crippen LogP contribution in [-0.2, 0) is 0 Å². The van der Waals surface area contributed by atoms with E-state index in [4.69, 9.17) is 0 Å². The van der Waals surface area contributed by atoms with Gasteiger partial charge in [-0.3, -0.25) is 0 Å². The summed E-state index contributed by atoms with van der Waals surface area (Å²) in [5.41, 5.74) is 1.55. The van der Waals surface area contributed by atoms with Gasteiger partial charge in [0.25, 0.3) is 0 Å². The number of hydrogen-bond donors (Lipinski definition) is 2. The Morgan fingerprint density at radius 3 is 2.84 bits per heavy atom. The van der Waals surface area contributed by atoms with Gasteiger partial charge < -0.3 is 10.6 Å². The van der Waals surface area contributed by atoms with Crippen molar-refractivity contribution >= 4 is 5.96 Å². The van der Waals surface area contributed by atoms with Gasteiger partial charge in [0.2, 0.25) is 0 Å². The van der Waals surface area contributed by atoms with Crippen LogP contribution in [0.3, 0.4) is 0 Å². The zero-order valence-corrected chi connectivity index (χ0v) is 11.8. The first-order chi connectivity index (χ1) is 9.08. The molecule has 1 atom stereocenters. The molecule has 0 saturated heterocycles. The van der Waals surface area contributed by atoms with E-state index in [1.54, 1.807) is 25.1 Å². The van der Waals surface area contributed by atoms with Crippen LogP contribution >= 0.6 is 0 Å². The van der Waals surface area contributed by atoms with Crippen LogP contribution in [-0.4, -0.2) is 19.0 Å². The van der Waals surface area contributed by atoms with Gasteiger partial charge in [-0.2, -0.15) is 0 Å². The molecule has 0 aliphatic rings. The molecule has 0 aliphatic carbocycles. The molecule has 3 nitrogen and oxygen atoms in total. The van der Waals surface area contributed by atoms with Crippen molar-refractivity contribution in [3.05, 3.63) is 47.8 Å². The third-order valence-electron chi connectivity index (χ3n) is 2.77. The third kappa shape index (κ3) is 4.73.